The fraction of sp³-hybridized carbons (Fsp3) is 0.167. The molecule has 14 heavy (non-hydrogen) atoms. The Morgan fingerprint density at radius 3 is 2.50 bits per heavy atom. The Morgan fingerprint density at radius 2 is 1.86 bits per heavy atom. The first kappa shape index (κ1) is 9.44. The normalized spacial score (nSPS) is 10.4. The lowest BCUT2D eigenvalue weighted by Gasteiger charge is -2.02. The van der Waals surface area contributed by atoms with E-state index >= 15 is 0 Å². The van der Waals surface area contributed by atoms with Gasteiger partial charge in [0, 0.05) is 6.54 Å². The van der Waals surface area contributed by atoms with Gasteiger partial charge in [0.25, 0.3) is 0 Å². The number of thiophene rings is 1. The van der Waals surface area contributed by atoms with Crippen LogP contribution in [0.5, 0.6) is 0 Å². The van der Waals surface area contributed by atoms with E-state index in [1.54, 1.807) is 11.3 Å². The zero-order chi connectivity index (χ0) is 9.97. The van der Waals surface area contributed by atoms with E-state index in [0.29, 0.717) is 6.54 Å². The number of nitrogens with two attached hydrogens (primary N) is 1. The smallest absolute Gasteiger partial charge is 0.0192 e. The zero-order valence-electron chi connectivity index (χ0n) is 8.16. The molecule has 0 spiro atoms. The molecule has 0 radical (unpaired) electrons. The van der Waals surface area contributed by atoms with Crippen LogP contribution in [0.4, 0.5) is 0 Å². The van der Waals surface area contributed by atoms with Crippen molar-refractivity contribution in [2.75, 3.05) is 0 Å². The fourth-order valence-electron chi connectivity index (χ4n) is 1.47. The molecule has 2 N–H and O–H groups in total. The number of rotatable bonds is 2. The molecular formula is C12H13NS. The molecule has 0 saturated carbocycles. The lowest BCUT2D eigenvalue weighted by molar-refractivity contribution is 1.08. The molecule has 1 aromatic heterocycles. The minimum atomic E-state index is 0.618. The molecule has 2 heteroatoms. The first-order chi connectivity index (χ1) is 6.81. The van der Waals surface area contributed by atoms with Gasteiger partial charge in [-0.15, -0.1) is 0 Å². The molecule has 0 aliphatic rings. The summed E-state index contributed by atoms with van der Waals surface area (Å²) in [6.45, 7) is 2.72. The van der Waals surface area contributed by atoms with E-state index in [2.05, 4.69) is 41.9 Å². The van der Waals surface area contributed by atoms with E-state index < -0.39 is 0 Å². The lowest BCUT2D eigenvalue weighted by atomic mass is 10.0. The van der Waals surface area contributed by atoms with Gasteiger partial charge in [-0.2, -0.15) is 11.3 Å². The maximum absolute atomic E-state index is 5.67. The van der Waals surface area contributed by atoms with E-state index in [-0.39, 0.29) is 0 Å². The van der Waals surface area contributed by atoms with Gasteiger partial charge in [-0.3, -0.25) is 0 Å². The number of aryl methyl sites for hydroxylation is 1. The standard InChI is InChI=1S/C12H13NS/c1-9-2-4-10(5-3-9)12-8-14-7-11(12)6-13/h2-5,7-8H,6,13H2,1H3. The van der Waals surface area contributed by atoms with Gasteiger partial charge >= 0.3 is 0 Å². The van der Waals surface area contributed by atoms with Crippen LogP contribution in [0.1, 0.15) is 11.1 Å². The summed E-state index contributed by atoms with van der Waals surface area (Å²) in [5, 5.41) is 4.28. The number of hydrogen-bond acceptors (Lipinski definition) is 2. The van der Waals surface area contributed by atoms with Crippen LogP contribution >= 0.6 is 11.3 Å². The highest BCUT2D eigenvalue weighted by Crippen LogP contribution is 2.27. The van der Waals surface area contributed by atoms with Crippen LogP contribution < -0.4 is 5.73 Å². The highest BCUT2D eigenvalue weighted by atomic mass is 32.1. The van der Waals surface area contributed by atoms with Gasteiger partial charge < -0.3 is 5.73 Å². The number of benzene rings is 1. The van der Waals surface area contributed by atoms with Gasteiger partial charge in [-0.25, -0.2) is 0 Å². The Bertz CT molecular complexity index is 414. The van der Waals surface area contributed by atoms with Crippen LogP contribution in [-0.2, 0) is 6.54 Å². The second kappa shape index (κ2) is 3.95. The molecule has 1 aromatic carbocycles. The SMILES string of the molecule is Cc1ccc(-c2cscc2CN)cc1. The van der Waals surface area contributed by atoms with Gasteiger partial charge in [0.05, 0.1) is 0 Å². The van der Waals surface area contributed by atoms with E-state index in [9.17, 15) is 0 Å². The first-order valence-electron chi connectivity index (χ1n) is 4.63. The molecule has 0 aliphatic carbocycles. The van der Waals surface area contributed by atoms with E-state index in [4.69, 9.17) is 5.73 Å². The van der Waals surface area contributed by atoms with Crippen molar-refractivity contribution < 1.29 is 0 Å². The van der Waals surface area contributed by atoms with Crippen molar-refractivity contribution in [3.63, 3.8) is 0 Å². The second-order valence-corrected chi connectivity index (χ2v) is 4.12. The van der Waals surface area contributed by atoms with Gasteiger partial charge in [-0.05, 0) is 34.4 Å². The van der Waals surface area contributed by atoms with Crippen molar-refractivity contribution in [2.24, 2.45) is 5.73 Å². The van der Waals surface area contributed by atoms with Crippen LogP contribution in [0.2, 0.25) is 0 Å². The molecule has 1 heterocycles. The van der Waals surface area contributed by atoms with Crippen molar-refractivity contribution in [1.82, 2.24) is 0 Å². The largest absolute Gasteiger partial charge is 0.326 e. The zero-order valence-corrected chi connectivity index (χ0v) is 8.97. The molecule has 0 amide bonds. The Kier molecular flexibility index (Phi) is 2.66. The van der Waals surface area contributed by atoms with Crippen molar-refractivity contribution in [3.8, 4) is 11.1 Å². The summed E-state index contributed by atoms with van der Waals surface area (Å²) < 4.78 is 0. The monoisotopic (exact) mass is 203 g/mol. The minimum Gasteiger partial charge on any atom is -0.326 e. The summed E-state index contributed by atoms with van der Waals surface area (Å²) in [5.41, 5.74) is 10.7. The molecule has 0 unspecified atom stereocenters. The minimum absolute atomic E-state index is 0.618. The Balaban J connectivity index is 2.44. The third kappa shape index (κ3) is 1.72. The summed E-state index contributed by atoms with van der Waals surface area (Å²) >= 11 is 1.71. The van der Waals surface area contributed by atoms with Crippen molar-refractivity contribution in [3.05, 3.63) is 46.2 Å². The molecule has 2 aromatic rings. The van der Waals surface area contributed by atoms with Crippen LogP contribution in [0.15, 0.2) is 35.0 Å². The third-order valence-corrected chi connectivity index (χ3v) is 3.12. The molecule has 0 atom stereocenters. The molecular weight excluding hydrogens is 190 g/mol. The molecule has 2 rings (SSSR count). The molecule has 0 bridgehead atoms. The molecule has 72 valence electrons. The van der Waals surface area contributed by atoms with Crippen LogP contribution in [-0.4, -0.2) is 0 Å². The summed E-state index contributed by atoms with van der Waals surface area (Å²) in [7, 11) is 0. The van der Waals surface area contributed by atoms with Gasteiger partial charge in [-0.1, -0.05) is 29.8 Å². The molecule has 1 nitrogen and oxygen atoms in total. The maximum Gasteiger partial charge on any atom is 0.0192 e. The third-order valence-electron chi connectivity index (χ3n) is 2.32. The van der Waals surface area contributed by atoms with Crippen LogP contribution in [0.25, 0.3) is 11.1 Å². The van der Waals surface area contributed by atoms with Gasteiger partial charge in [0.1, 0.15) is 0 Å². The number of hydrogen-bond donors (Lipinski definition) is 1. The molecule has 0 fully saturated rings. The molecule has 0 saturated heterocycles. The van der Waals surface area contributed by atoms with Gasteiger partial charge in [0.15, 0.2) is 0 Å². The lowest BCUT2D eigenvalue weighted by Crippen LogP contribution is -1.95. The highest BCUT2D eigenvalue weighted by molar-refractivity contribution is 7.08. The summed E-state index contributed by atoms with van der Waals surface area (Å²) in [6, 6.07) is 8.56. The Labute approximate surface area is 88.2 Å². The molecule has 0 aliphatic heterocycles. The van der Waals surface area contributed by atoms with Crippen molar-refractivity contribution in [1.29, 1.82) is 0 Å². The topological polar surface area (TPSA) is 26.0 Å². The van der Waals surface area contributed by atoms with E-state index in [1.807, 2.05) is 0 Å². The van der Waals surface area contributed by atoms with Crippen LogP contribution in [0.3, 0.4) is 0 Å². The highest BCUT2D eigenvalue weighted by Gasteiger charge is 2.03. The second-order valence-electron chi connectivity index (χ2n) is 3.38. The average molecular weight is 203 g/mol. The Hall–Kier alpha value is -1.12. The first-order valence-corrected chi connectivity index (χ1v) is 5.57. The van der Waals surface area contributed by atoms with Crippen molar-refractivity contribution >= 4 is 11.3 Å². The van der Waals surface area contributed by atoms with E-state index in [0.717, 1.165) is 0 Å². The predicted octanol–water partition coefficient (Wildman–Crippen LogP) is 3.18. The quantitative estimate of drug-likeness (QED) is 0.797. The summed E-state index contributed by atoms with van der Waals surface area (Å²) in [4.78, 5) is 0. The van der Waals surface area contributed by atoms with E-state index in [1.165, 1.54) is 22.3 Å². The fourth-order valence-corrected chi connectivity index (χ4v) is 2.35. The maximum atomic E-state index is 5.67. The predicted molar refractivity (Wildman–Crippen MR) is 62.4 cm³/mol. The van der Waals surface area contributed by atoms with Crippen molar-refractivity contribution in [2.45, 2.75) is 13.5 Å². The Morgan fingerprint density at radius 1 is 1.14 bits per heavy atom. The average Bonchev–Trinajstić information content (AvgIpc) is 2.67. The summed E-state index contributed by atoms with van der Waals surface area (Å²) in [5.74, 6) is 0. The van der Waals surface area contributed by atoms with Crippen LogP contribution in [0, 0.1) is 6.92 Å². The summed E-state index contributed by atoms with van der Waals surface area (Å²) in [6.07, 6.45) is 0. The van der Waals surface area contributed by atoms with Gasteiger partial charge in [0.2, 0.25) is 0 Å².